The van der Waals surface area contributed by atoms with Crippen molar-refractivity contribution >= 4 is 17.6 Å². The van der Waals surface area contributed by atoms with E-state index in [-0.39, 0.29) is 12.5 Å². The minimum Gasteiger partial charge on any atom is -0.482 e. The molecule has 25 heavy (non-hydrogen) atoms. The Morgan fingerprint density at radius 2 is 1.72 bits per heavy atom. The molecule has 1 amide bonds. The molecule has 2 aromatic rings. The molecule has 0 aliphatic rings. The number of halogens is 1. The molecule has 0 spiro atoms. The summed E-state index contributed by atoms with van der Waals surface area (Å²) in [6.45, 7) is 3.29. The summed E-state index contributed by atoms with van der Waals surface area (Å²) in [4.78, 5) is 23.5. The van der Waals surface area contributed by atoms with E-state index in [9.17, 15) is 14.0 Å². The summed E-state index contributed by atoms with van der Waals surface area (Å²) in [7, 11) is 0. The molecule has 5 nitrogen and oxygen atoms in total. The van der Waals surface area contributed by atoms with Gasteiger partial charge in [-0.25, -0.2) is 9.18 Å². The quantitative estimate of drug-likeness (QED) is 0.780. The van der Waals surface area contributed by atoms with Gasteiger partial charge in [0, 0.05) is 5.69 Å². The number of nitrogens with one attached hydrogen (secondary N) is 1. The summed E-state index contributed by atoms with van der Waals surface area (Å²) in [6, 6.07) is 12.7. The summed E-state index contributed by atoms with van der Waals surface area (Å²) in [6.07, 6.45) is 0. The highest BCUT2D eigenvalue weighted by Gasteiger charge is 2.12. The number of anilines is 1. The predicted octanol–water partition coefficient (Wildman–Crippen LogP) is 3.51. The maximum atomic E-state index is 12.8. The van der Waals surface area contributed by atoms with Crippen LogP contribution in [0.15, 0.2) is 48.5 Å². The lowest BCUT2D eigenvalue weighted by molar-refractivity contribution is -0.149. The summed E-state index contributed by atoms with van der Waals surface area (Å²) in [5.41, 5.74) is 1.70. The third kappa shape index (κ3) is 5.91. The third-order valence-corrected chi connectivity index (χ3v) is 3.39. The summed E-state index contributed by atoms with van der Waals surface area (Å²) in [5.74, 6) is -0.912. The number of benzene rings is 2. The van der Waals surface area contributed by atoms with E-state index in [4.69, 9.17) is 9.47 Å². The lowest BCUT2D eigenvalue weighted by Crippen LogP contribution is -2.24. The highest BCUT2D eigenvalue weighted by Crippen LogP contribution is 2.23. The van der Waals surface area contributed by atoms with Crippen LogP contribution in [-0.4, -0.2) is 25.1 Å². The number of carbonyl (C=O) groups is 2. The van der Waals surface area contributed by atoms with Crippen LogP contribution in [0.3, 0.4) is 0 Å². The van der Waals surface area contributed by atoms with E-state index in [1.165, 1.54) is 24.3 Å². The van der Waals surface area contributed by atoms with Crippen molar-refractivity contribution < 1.29 is 23.5 Å². The van der Waals surface area contributed by atoms with Gasteiger partial charge in [-0.2, -0.15) is 0 Å². The first kappa shape index (κ1) is 18.4. The van der Waals surface area contributed by atoms with E-state index in [2.05, 4.69) is 5.32 Å². The van der Waals surface area contributed by atoms with Crippen molar-refractivity contribution in [3.05, 3.63) is 59.9 Å². The Balaban J connectivity index is 1.78. The van der Waals surface area contributed by atoms with E-state index in [0.717, 1.165) is 5.56 Å². The zero-order valence-corrected chi connectivity index (χ0v) is 14.1. The van der Waals surface area contributed by atoms with Crippen molar-refractivity contribution in [2.24, 2.45) is 0 Å². The molecule has 0 unspecified atom stereocenters. The molecule has 0 aliphatic carbocycles. The van der Waals surface area contributed by atoms with Gasteiger partial charge in [-0.3, -0.25) is 4.79 Å². The van der Waals surface area contributed by atoms with E-state index in [1.54, 1.807) is 6.07 Å². The minimum atomic E-state index is -0.684. The van der Waals surface area contributed by atoms with Crippen molar-refractivity contribution in [2.45, 2.75) is 19.8 Å². The molecule has 2 aromatic carbocycles. The Hall–Kier alpha value is -2.89. The SMILES string of the molecule is CC(C)c1ccccc1NC(=O)COC(=O)COc1ccc(F)cc1. The Morgan fingerprint density at radius 1 is 1.04 bits per heavy atom. The van der Waals surface area contributed by atoms with Gasteiger partial charge in [0.1, 0.15) is 11.6 Å². The number of para-hydroxylation sites is 1. The van der Waals surface area contributed by atoms with Gasteiger partial charge in [0.2, 0.25) is 0 Å². The first-order valence-electron chi connectivity index (χ1n) is 7.88. The van der Waals surface area contributed by atoms with Gasteiger partial charge >= 0.3 is 5.97 Å². The Labute approximate surface area is 145 Å². The van der Waals surface area contributed by atoms with Gasteiger partial charge in [0.05, 0.1) is 0 Å². The fraction of sp³-hybridized carbons (Fsp3) is 0.263. The highest BCUT2D eigenvalue weighted by atomic mass is 19.1. The third-order valence-electron chi connectivity index (χ3n) is 3.39. The smallest absolute Gasteiger partial charge is 0.344 e. The number of amides is 1. The van der Waals surface area contributed by atoms with Crippen LogP contribution in [0, 0.1) is 5.82 Å². The van der Waals surface area contributed by atoms with Gasteiger partial charge in [-0.15, -0.1) is 0 Å². The van der Waals surface area contributed by atoms with Crippen molar-refractivity contribution in [3.63, 3.8) is 0 Å². The van der Waals surface area contributed by atoms with Crippen LogP contribution >= 0.6 is 0 Å². The molecule has 0 heterocycles. The van der Waals surface area contributed by atoms with Gasteiger partial charge in [-0.05, 0) is 41.8 Å². The second kappa shape index (κ2) is 8.82. The standard InChI is InChI=1S/C19H20FNO4/c1-13(2)16-5-3-4-6-17(16)21-18(22)11-25-19(23)12-24-15-9-7-14(20)8-10-15/h3-10,13H,11-12H2,1-2H3,(H,21,22). The lowest BCUT2D eigenvalue weighted by atomic mass is 10.0. The monoisotopic (exact) mass is 345 g/mol. The average Bonchev–Trinajstić information content (AvgIpc) is 2.59. The topological polar surface area (TPSA) is 64.6 Å². The van der Waals surface area contributed by atoms with Crippen molar-refractivity contribution in [1.82, 2.24) is 0 Å². The molecule has 0 aromatic heterocycles. The first-order chi connectivity index (χ1) is 12.0. The number of hydrogen-bond donors (Lipinski definition) is 1. The molecule has 1 N–H and O–H groups in total. The minimum absolute atomic E-state index is 0.253. The largest absolute Gasteiger partial charge is 0.482 e. The number of rotatable bonds is 7. The highest BCUT2D eigenvalue weighted by molar-refractivity contribution is 5.93. The molecular weight excluding hydrogens is 325 g/mol. The van der Waals surface area contributed by atoms with Crippen LogP contribution in [0.5, 0.6) is 5.75 Å². The molecule has 132 valence electrons. The number of ether oxygens (including phenoxy) is 2. The van der Waals surface area contributed by atoms with Crippen LogP contribution < -0.4 is 10.1 Å². The zero-order chi connectivity index (χ0) is 18.2. The van der Waals surface area contributed by atoms with Crippen molar-refractivity contribution in [2.75, 3.05) is 18.5 Å². The predicted molar refractivity (Wildman–Crippen MR) is 92.0 cm³/mol. The van der Waals surface area contributed by atoms with Crippen LogP contribution in [0.1, 0.15) is 25.3 Å². The molecule has 0 atom stereocenters. The number of esters is 1. The molecule has 2 rings (SSSR count). The van der Waals surface area contributed by atoms with E-state index < -0.39 is 24.3 Å². The first-order valence-corrected chi connectivity index (χ1v) is 7.88. The van der Waals surface area contributed by atoms with Crippen LogP contribution in [0.25, 0.3) is 0 Å². The molecule has 0 fully saturated rings. The van der Waals surface area contributed by atoms with E-state index in [1.807, 2.05) is 32.0 Å². The molecule has 0 saturated carbocycles. The second-order valence-corrected chi connectivity index (χ2v) is 5.69. The average molecular weight is 345 g/mol. The fourth-order valence-electron chi connectivity index (χ4n) is 2.16. The maximum absolute atomic E-state index is 12.8. The van der Waals surface area contributed by atoms with E-state index in [0.29, 0.717) is 11.4 Å². The van der Waals surface area contributed by atoms with Gasteiger partial charge in [0.25, 0.3) is 5.91 Å². The summed E-state index contributed by atoms with van der Waals surface area (Å²) in [5, 5.41) is 2.73. The van der Waals surface area contributed by atoms with Crippen LogP contribution in [0.4, 0.5) is 10.1 Å². The van der Waals surface area contributed by atoms with Crippen LogP contribution in [-0.2, 0) is 14.3 Å². The maximum Gasteiger partial charge on any atom is 0.344 e. The number of carbonyl (C=O) groups excluding carboxylic acids is 2. The van der Waals surface area contributed by atoms with Crippen molar-refractivity contribution in [1.29, 1.82) is 0 Å². The normalized spacial score (nSPS) is 10.4. The van der Waals surface area contributed by atoms with Gasteiger partial charge < -0.3 is 14.8 Å². The van der Waals surface area contributed by atoms with Crippen molar-refractivity contribution in [3.8, 4) is 5.75 Å². The molecule has 0 saturated heterocycles. The van der Waals surface area contributed by atoms with Gasteiger partial charge in [0.15, 0.2) is 13.2 Å². The van der Waals surface area contributed by atoms with Gasteiger partial charge in [-0.1, -0.05) is 32.0 Å². The molecule has 6 heteroatoms. The lowest BCUT2D eigenvalue weighted by Gasteiger charge is -2.13. The zero-order valence-electron chi connectivity index (χ0n) is 14.1. The Bertz CT molecular complexity index is 728. The Morgan fingerprint density at radius 3 is 2.40 bits per heavy atom. The summed E-state index contributed by atoms with van der Waals surface area (Å²) >= 11 is 0. The molecule has 0 radical (unpaired) electrons. The Kier molecular flexibility index (Phi) is 6.51. The molecule has 0 bridgehead atoms. The fourth-order valence-corrected chi connectivity index (χ4v) is 2.16. The molecule has 0 aliphatic heterocycles. The molecular formula is C19H20FNO4. The number of hydrogen-bond acceptors (Lipinski definition) is 4. The second-order valence-electron chi connectivity index (χ2n) is 5.69. The van der Waals surface area contributed by atoms with E-state index >= 15 is 0 Å². The summed E-state index contributed by atoms with van der Waals surface area (Å²) < 4.78 is 22.8. The van der Waals surface area contributed by atoms with Crippen LogP contribution in [0.2, 0.25) is 0 Å².